The highest BCUT2D eigenvalue weighted by atomic mass is 16.7. The van der Waals surface area contributed by atoms with Crippen molar-refractivity contribution in [1.82, 2.24) is 5.32 Å². The first-order valence-electron chi connectivity index (χ1n) is 7.83. The zero-order chi connectivity index (χ0) is 20.0. The summed E-state index contributed by atoms with van der Waals surface area (Å²) in [4.78, 5) is 22.2. The number of aldehydes is 1. The molecule has 152 valence electrons. The van der Waals surface area contributed by atoms with Crippen LogP contribution in [0.5, 0.6) is 0 Å². The van der Waals surface area contributed by atoms with Gasteiger partial charge >= 0.3 is 0 Å². The molecule has 1 aliphatic rings. The first kappa shape index (κ1) is 22.8. The Hall–Kier alpha value is -1.22. The number of nitrogens with one attached hydrogen (secondary N) is 1. The lowest BCUT2D eigenvalue weighted by Gasteiger charge is -2.44. The molecule has 8 N–H and O–H groups in total. The van der Waals surface area contributed by atoms with Gasteiger partial charge in [0.05, 0.1) is 13.2 Å². The maximum absolute atomic E-state index is 11.3. The third kappa shape index (κ3) is 5.39. The smallest absolute Gasteiger partial charge is 0.217 e. The monoisotopic (exact) mass is 383 g/mol. The molecule has 0 radical (unpaired) electrons. The lowest BCUT2D eigenvalue weighted by atomic mass is 9.96. The number of aliphatic hydroxyl groups excluding tert-OH is 7. The molecule has 0 aliphatic carbocycles. The molecule has 0 bridgehead atoms. The average molecular weight is 383 g/mol. The minimum atomic E-state index is -1.95. The number of carbonyl (C=O) groups excluding carboxylic acids is 2. The third-order valence-corrected chi connectivity index (χ3v) is 3.94. The Labute approximate surface area is 148 Å². The van der Waals surface area contributed by atoms with Gasteiger partial charge in [-0.3, -0.25) is 4.79 Å². The first-order valence-corrected chi connectivity index (χ1v) is 7.83. The van der Waals surface area contributed by atoms with E-state index in [1.54, 1.807) is 0 Å². The van der Waals surface area contributed by atoms with Crippen molar-refractivity contribution in [2.75, 3.05) is 13.2 Å². The van der Waals surface area contributed by atoms with E-state index in [1.807, 2.05) is 0 Å². The number of hydrogen-bond donors (Lipinski definition) is 8. The molecule has 1 rings (SSSR count). The molecule has 1 saturated heterocycles. The van der Waals surface area contributed by atoms with E-state index < -0.39 is 74.2 Å². The third-order valence-electron chi connectivity index (χ3n) is 3.94. The van der Waals surface area contributed by atoms with Gasteiger partial charge in [-0.15, -0.1) is 0 Å². The van der Waals surface area contributed by atoms with Crippen LogP contribution in [0.3, 0.4) is 0 Å². The number of aliphatic hydroxyl groups is 7. The summed E-state index contributed by atoms with van der Waals surface area (Å²) >= 11 is 0. The molecule has 0 aromatic carbocycles. The largest absolute Gasteiger partial charge is 0.394 e. The maximum Gasteiger partial charge on any atom is 0.217 e. The van der Waals surface area contributed by atoms with Gasteiger partial charge in [0.1, 0.15) is 48.8 Å². The summed E-state index contributed by atoms with van der Waals surface area (Å²) in [6.07, 6.45) is -13.6. The Kier molecular flexibility index (Phi) is 8.95. The van der Waals surface area contributed by atoms with Crippen LogP contribution in [0.2, 0.25) is 0 Å². The Morgan fingerprint density at radius 2 is 1.85 bits per heavy atom. The first-order chi connectivity index (χ1) is 12.2. The van der Waals surface area contributed by atoms with E-state index in [2.05, 4.69) is 5.32 Å². The van der Waals surface area contributed by atoms with E-state index in [0.29, 0.717) is 0 Å². The van der Waals surface area contributed by atoms with Gasteiger partial charge in [-0.2, -0.15) is 0 Å². The Balaban J connectivity index is 3.09. The predicted molar refractivity (Wildman–Crippen MR) is 81.4 cm³/mol. The molecule has 1 heterocycles. The number of amides is 1. The zero-order valence-corrected chi connectivity index (χ0v) is 14.0. The molecule has 0 saturated carbocycles. The quantitative estimate of drug-likeness (QED) is 0.176. The van der Waals surface area contributed by atoms with Crippen molar-refractivity contribution >= 4 is 12.2 Å². The van der Waals surface area contributed by atoms with Gasteiger partial charge in [0.2, 0.25) is 5.91 Å². The standard InChI is InChI=1S/C14H25NO11/c1-5(19)15-9-12(24)11(23)8(4-18)25-14(9)26-13(7(21)3-17)10(22)6(20)2-16/h3,6-14,16,18,20-24H,2,4H2,1H3,(H,15,19). The van der Waals surface area contributed by atoms with Crippen LogP contribution in [0.1, 0.15) is 6.92 Å². The molecule has 1 amide bonds. The van der Waals surface area contributed by atoms with Crippen molar-refractivity contribution in [3.8, 4) is 0 Å². The van der Waals surface area contributed by atoms with E-state index in [4.69, 9.17) is 14.6 Å². The summed E-state index contributed by atoms with van der Waals surface area (Å²) in [6, 6.07) is -1.38. The van der Waals surface area contributed by atoms with Gasteiger partial charge in [0, 0.05) is 6.92 Å². The molecule has 26 heavy (non-hydrogen) atoms. The molecule has 12 heteroatoms. The fraction of sp³-hybridized carbons (Fsp3) is 0.857. The topological polar surface area (TPSA) is 206 Å². The van der Waals surface area contributed by atoms with Crippen molar-refractivity contribution in [3.05, 3.63) is 0 Å². The minimum Gasteiger partial charge on any atom is -0.394 e. The van der Waals surface area contributed by atoms with Crippen molar-refractivity contribution in [1.29, 1.82) is 0 Å². The van der Waals surface area contributed by atoms with Gasteiger partial charge in [-0.05, 0) is 0 Å². The van der Waals surface area contributed by atoms with Gasteiger partial charge in [0.15, 0.2) is 12.6 Å². The lowest BCUT2D eigenvalue weighted by molar-refractivity contribution is -0.299. The van der Waals surface area contributed by atoms with Crippen LogP contribution >= 0.6 is 0 Å². The van der Waals surface area contributed by atoms with Crippen molar-refractivity contribution in [2.45, 2.75) is 62.0 Å². The summed E-state index contributed by atoms with van der Waals surface area (Å²) in [5, 5.41) is 69.6. The van der Waals surface area contributed by atoms with Crippen LogP contribution in [-0.4, -0.2) is 116 Å². The van der Waals surface area contributed by atoms with Crippen LogP contribution in [0.4, 0.5) is 0 Å². The normalized spacial score (nSPS) is 33.8. The van der Waals surface area contributed by atoms with Gasteiger partial charge < -0.3 is 55.3 Å². The molecule has 9 atom stereocenters. The van der Waals surface area contributed by atoms with Gasteiger partial charge in [0.25, 0.3) is 0 Å². The van der Waals surface area contributed by atoms with Crippen LogP contribution in [0.25, 0.3) is 0 Å². The Morgan fingerprint density at radius 3 is 2.31 bits per heavy atom. The summed E-state index contributed by atoms with van der Waals surface area (Å²) in [5.74, 6) is -0.635. The average Bonchev–Trinajstić information content (AvgIpc) is 2.62. The summed E-state index contributed by atoms with van der Waals surface area (Å²) < 4.78 is 10.5. The highest BCUT2D eigenvalue weighted by Gasteiger charge is 2.47. The highest BCUT2D eigenvalue weighted by molar-refractivity contribution is 5.73. The fourth-order valence-electron chi connectivity index (χ4n) is 2.51. The number of hydrogen-bond acceptors (Lipinski definition) is 11. The van der Waals surface area contributed by atoms with Crippen LogP contribution in [0.15, 0.2) is 0 Å². The lowest BCUT2D eigenvalue weighted by Crippen LogP contribution is -2.66. The highest BCUT2D eigenvalue weighted by Crippen LogP contribution is 2.25. The van der Waals surface area contributed by atoms with E-state index in [0.717, 1.165) is 6.92 Å². The molecule has 1 fully saturated rings. The summed E-state index contributed by atoms with van der Waals surface area (Å²) in [5.41, 5.74) is 0. The van der Waals surface area contributed by atoms with Crippen LogP contribution in [-0.2, 0) is 19.1 Å². The molecule has 0 aromatic rings. The van der Waals surface area contributed by atoms with E-state index in [9.17, 15) is 40.2 Å². The summed E-state index contributed by atoms with van der Waals surface area (Å²) in [6.45, 7) is -0.530. The Bertz CT molecular complexity index is 464. The van der Waals surface area contributed by atoms with E-state index in [1.165, 1.54) is 0 Å². The number of ether oxygens (including phenoxy) is 2. The SMILES string of the molecule is CC(=O)NC1C(OC(C(O)C=O)C(O)C(O)CO)OC(CO)C(O)C1O. The molecular weight excluding hydrogens is 358 g/mol. The summed E-state index contributed by atoms with van der Waals surface area (Å²) in [7, 11) is 0. The van der Waals surface area contributed by atoms with Crippen LogP contribution in [0, 0.1) is 0 Å². The second-order valence-corrected chi connectivity index (χ2v) is 5.90. The van der Waals surface area contributed by atoms with Crippen molar-refractivity contribution in [3.63, 3.8) is 0 Å². The van der Waals surface area contributed by atoms with E-state index in [-0.39, 0.29) is 6.29 Å². The molecule has 0 aromatic heterocycles. The van der Waals surface area contributed by atoms with Crippen LogP contribution < -0.4 is 5.32 Å². The number of rotatable bonds is 9. The van der Waals surface area contributed by atoms with E-state index >= 15 is 0 Å². The van der Waals surface area contributed by atoms with Gasteiger partial charge in [-0.25, -0.2) is 0 Å². The Morgan fingerprint density at radius 1 is 1.23 bits per heavy atom. The predicted octanol–water partition coefficient (Wildman–Crippen LogP) is -5.41. The molecular formula is C14H25NO11. The molecule has 12 nitrogen and oxygen atoms in total. The molecule has 0 spiro atoms. The fourth-order valence-corrected chi connectivity index (χ4v) is 2.51. The molecule has 9 unspecified atom stereocenters. The minimum absolute atomic E-state index is 0.00299. The van der Waals surface area contributed by atoms with Crippen molar-refractivity contribution in [2.24, 2.45) is 0 Å². The number of carbonyl (C=O) groups is 2. The zero-order valence-electron chi connectivity index (χ0n) is 14.0. The second-order valence-electron chi connectivity index (χ2n) is 5.90. The maximum atomic E-state index is 11.3. The van der Waals surface area contributed by atoms with Crippen molar-refractivity contribution < 1.29 is 54.8 Å². The van der Waals surface area contributed by atoms with Gasteiger partial charge in [-0.1, -0.05) is 0 Å². The second kappa shape index (κ2) is 10.2. The molecule has 1 aliphatic heterocycles.